The molecule has 1 amide bonds. The van der Waals surface area contributed by atoms with Crippen LogP contribution in [-0.4, -0.2) is 31.8 Å². The molecule has 1 N–H and O–H groups in total. The Kier molecular flexibility index (Phi) is 7.45. The van der Waals surface area contributed by atoms with E-state index in [-0.39, 0.29) is 6.61 Å². The van der Waals surface area contributed by atoms with E-state index >= 15 is 0 Å². The molecule has 2 aromatic rings. The van der Waals surface area contributed by atoms with Crippen LogP contribution in [0.1, 0.15) is 12.5 Å². The predicted molar refractivity (Wildman–Crippen MR) is 102 cm³/mol. The molecule has 142 valence electrons. The maximum Gasteiger partial charge on any atom is 0.308 e. The van der Waals surface area contributed by atoms with Gasteiger partial charge in [0.1, 0.15) is 5.75 Å². The third-order valence-electron chi connectivity index (χ3n) is 3.10. The molecule has 0 atom stereocenters. The zero-order valence-corrected chi connectivity index (χ0v) is 16.0. The molecule has 0 spiro atoms. The fraction of sp³-hybridized carbons (Fsp3) is 0.167. The average Bonchev–Trinajstić information content (AvgIpc) is 2.61. The Balaban J connectivity index is 1.90. The SMILES string of the molecule is COc1cc(/C=N/NC(=O)COc2ccc(Cl)cc2Cl)ccc1OC(C)=O. The Morgan fingerprint density at radius 1 is 1.11 bits per heavy atom. The van der Waals surface area contributed by atoms with Crippen LogP contribution in [0.25, 0.3) is 0 Å². The Bertz CT molecular complexity index is 871. The first-order valence-electron chi connectivity index (χ1n) is 7.65. The van der Waals surface area contributed by atoms with E-state index in [0.29, 0.717) is 32.9 Å². The van der Waals surface area contributed by atoms with Crippen molar-refractivity contribution >= 4 is 41.3 Å². The summed E-state index contributed by atoms with van der Waals surface area (Å²) in [6, 6.07) is 9.51. The highest BCUT2D eigenvalue weighted by molar-refractivity contribution is 6.35. The summed E-state index contributed by atoms with van der Waals surface area (Å²) in [4.78, 5) is 22.8. The van der Waals surface area contributed by atoms with Crippen LogP contribution in [0.2, 0.25) is 10.0 Å². The molecular formula is C18H16Cl2N2O5. The van der Waals surface area contributed by atoms with E-state index in [1.54, 1.807) is 30.3 Å². The van der Waals surface area contributed by atoms with Gasteiger partial charge in [-0.3, -0.25) is 9.59 Å². The highest BCUT2D eigenvalue weighted by Crippen LogP contribution is 2.28. The van der Waals surface area contributed by atoms with E-state index in [9.17, 15) is 9.59 Å². The van der Waals surface area contributed by atoms with E-state index in [1.807, 2.05) is 0 Å². The fourth-order valence-corrected chi connectivity index (χ4v) is 2.41. The van der Waals surface area contributed by atoms with Crippen molar-refractivity contribution in [1.29, 1.82) is 0 Å². The number of nitrogens with zero attached hydrogens (tertiary/aromatic N) is 1. The Labute approximate surface area is 165 Å². The monoisotopic (exact) mass is 410 g/mol. The smallest absolute Gasteiger partial charge is 0.308 e. The van der Waals surface area contributed by atoms with Crippen LogP contribution < -0.4 is 19.6 Å². The molecule has 0 unspecified atom stereocenters. The molecule has 0 aliphatic rings. The standard InChI is InChI=1S/C18H16Cl2N2O5/c1-11(23)27-16-5-3-12(7-17(16)25-2)9-21-22-18(24)10-26-15-6-4-13(19)8-14(15)20/h3-9H,10H2,1-2H3,(H,22,24)/b21-9+. The van der Waals surface area contributed by atoms with Crippen molar-refractivity contribution in [2.24, 2.45) is 5.10 Å². The van der Waals surface area contributed by atoms with Crippen molar-refractivity contribution in [2.75, 3.05) is 13.7 Å². The van der Waals surface area contributed by atoms with Gasteiger partial charge in [-0.1, -0.05) is 23.2 Å². The molecule has 0 bridgehead atoms. The van der Waals surface area contributed by atoms with E-state index < -0.39 is 11.9 Å². The predicted octanol–water partition coefficient (Wildman–Crippen LogP) is 3.46. The largest absolute Gasteiger partial charge is 0.493 e. The lowest BCUT2D eigenvalue weighted by atomic mass is 10.2. The van der Waals surface area contributed by atoms with Gasteiger partial charge in [0.05, 0.1) is 18.3 Å². The Hall–Kier alpha value is -2.77. The van der Waals surface area contributed by atoms with Crippen LogP contribution in [0.15, 0.2) is 41.5 Å². The molecule has 2 aromatic carbocycles. The average molecular weight is 411 g/mol. The number of ether oxygens (including phenoxy) is 3. The van der Waals surface area contributed by atoms with Gasteiger partial charge in [-0.05, 0) is 42.0 Å². The summed E-state index contributed by atoms with van der Waals surface area (Å²) < 4.78 is 15.5. The summed E-state index contributed by atoms with van der Waals surface area (Å²) in [5.41, 5.74) is 2.96. The second kappa shape index (κ2) is 9.80. The molecule has 0 aliphatic heterocycles. The Morgan fingerprint density at radius 3 is 2.52 bits per heavy atom. The van der Waals surface area contributed by atoms with Gasteiger partial charge in [-0.25, -0.2) is 5.43 Å². The fourth-order valence-electron chi connectivity index (χ4n) is 1.95. The van der Waals surface area contributed by atoms with E-state index in [4.69, 9.17) is 37.4 Å². The van der Waals surface area contributed by atoms with Crippen LogP contribution in [0.3, 0.4) is 0 Å². The zero-order valence-electron chi connectivity index (χ0n) is 14.5. The Morgan fingerprint density at radius 2 is 1.85 bits per heavy atom. The van der Waals surface area contributed by atoms with Crippen LogP contribution in [0.4, 0.5) is 0 Å². The zero-order chi connectivity index (χ0) is 19.8. The molecule has 7 nitrogen and oxygen atoms in total. The number of halogens is 2. The van der Waals surface area contributed by atoms with Crippen molar-refractivity contribution in [3.8, 4) is 17.2 Å². The summed E-state index contributed by atoms with van der Waals surface area (Å²) >= 11 is 11.7. The lowest BCUT2D eigenvalue weighted by molar-refractivity contribution is -0.132. The van der Waals surface area contributed by atoms with Gasteiger partial charge in [0, 0.05) is 11.9 Å². The molecule has 0 saturated heterocycles. The van der Waals surface area contributed by atoms with Crippen molar-refractivity contribution in [3.63, 3.8) is 0 Å². The molecule has 2 rings (SSSR count). The van der Waals surface area contributed by atoms with E-state index in [0.717, 1.165) is 0 Å². The number of esters is 1. The maximum atomic E-state index is 11.8. The van der Waals surface area contributed by atoms with Gasteiger partial charge in [0.25, 0.3) is 5.91 Å². The molecular weight excluding hydrogens is 395 g/mol. The van der Waals surface area contributed by atoms with Gasteiger partial charge in [-0.15, -0.1) is 0 Å². The minimum atomic E-state index is -0.472. The van der Waals surface area contributed by atoms with Gasteiger partial charge in [-0.2, -0.15) is 5.10 Å². The third-order valence-corrected chi connectivity index (χ3v) is 3.63. The quantitative estimate of drug-likeness (QED) is 0.327. The number of carbonyl (C=O) groups is 2. The summed E-state index contributed by atoms with van der Waals surface area (Å²) in [6.07, 6.45) is 1.41. The summed E-state index contributed by atoms with van der Waals surface area (Å²) in [6.45, 7) is 1.02. The number of hydrogen-bond acceptors (Lipinski definition) is 6. The van der Waals surface area contributed by atoms with Crippen LogP contribution >= 0.6 is 23.2 Å². The molecule has 0 saturated carbocycles. The van der Waals surface area contributed by atoms with Crippen LogP contribution in [0.5, 0.6) is 17.2 Å². The number of hydrogen-bond donors (Lipinski definition) is 1. The van der Waals surface area contributed by atoms with Crippen LogP contribution in [-0.2, 0) is 9.59 Å². The highest BCUT2D eigenvalue weighted by Gasteiger charge is 2.08. The summed E-state index contributed by atoms with van der Waals surface area (Å²) in [5, 5.41) is 4.61. The molecule has 0 aromatic heterocycles. The van der Waals surface area contributed by atoms with Gasteiger partial charge in [0.15, 0.2) is 18.1 Å². The number of rotatable bonds is 7. The number of benzene rings is 2. The molecule has 27 heavy (non-hydrogen) atoms. The molecule has 9 heteroatoms. The highest BCUT2D eigenvalue weighted by atomic mass is 35.5. The number of amides is 1. The minimum Gasteiger partial charge on any atom is -0.493 e. The van der Waals surface area contributed by atoms with Gasteiger partial charge in [0.2, 0.25) is 0 Å². The lowest BCUT2D eigenvalue weighted by Gasteiger charge is -2.08. The molecule has 0 aliphatic carbocycles. The normalized spacial score (nSPS) is 10.5. The molecule has 0 fully saturated rings. The van der Waals surface area contributed by atoms with Crippen molar-refractivity contribution < 1.29 is 23.8 Å². The van der Waals surface area contributed by atoms with Crippen molar-refractivity contribution in [1.82, 2.24) is 5.43 Å². The maximum absolute atomic E-state index is 11.8. The topological polar surface area (TPSA) is 86.2 Å². The van der Waals surface area contributed by atoms with E-state index in [2.05, 4.69) is 10.5 Å². The first kappa shape index (κ1) is 20.5. The number of hydrazone groups is 1. The van der Waals surface area contributed by atoms with Crippen LogP contribution in [0, 0.1) is 0 Å². The molecule has 0 radical (unpaired) electrons. The number of nitrogens with one attached hydrogen (secondary N) is 1. The van der Waals surface area contributed by atoms with Crippen molar-refractivity contribution in [2.45, 2.75) is 6.92 Å². The third kappa shape index (κ3) is 6.47. The summed E-state index contributed by atoms with van der Waals surface area (Å²) in [5.74, 6) is 0.0650. The molecule has 0 heterocycles. The second-order valence-electron chi connectivity index (χ2n) is 5.16. The number of methoxy groups -OCH3 is 1. The first-order valence-corrected chi connectivity index (χ1v) is 8.41. The van der Waals surface area contributed by atoms with Crippen molar-refractivity contribution in [3.05, 3.63) is 52.0 Å². The van der Waals surface area contributed by atoms with Gasteiger partial charge >= 0.3 is 5.97 Å². The summed E-state index contributed by atoms with van der Waals surface area (Å²) in [7, 11) is 1.45. The lowest BCUT2D eigenvalue weighted by Crippen LogP contribution is -2.24. The first-order chi connectivity index (χ1) is 12.9. The van der Waals surface area contributed by atoms with Gasteiger partial charge < -0.3 is 14.2 Å². The van der Waals surface area contributed by atoms with E-state index in [1.165, 1.54) is 26.3 Å². The minimum absolute atomic E-state index is 0.270. The number of carbonyl (C=O) groups excluding carboxylic acids is 2. The second-order valence-corrected chi connectivity index (χ2v) is 6.00.